The van der Waals surface area contributed by atoms with Crippen molar-refractivity contribution in [2.24, 2.45) is 0 Å². The first kappa shape index (κ1) is 18.3. The Morgan fingerprint density at radius 3 is 2.27 bits per heavy atom. The van der Waals surface area contributed by atoms with Gasteiger partial charge >= 0.3 is 0 Å². The van der Waals surface area contributed by atoms with Gasteiger partial charge in [-0.25, -0.2) is 0 Å². The standard InChI is InChI=1S/C19H26O2Si/c1-17(20)14-16-19(2,21-22(3,4)5)15-10-9-13-18-11-7-6-8-12-18/h6-16H,1-5H3/b13-9+,15-10+,16-14+/t19-/m0/s1. The Hall–Kier alpha value is -1.71. The Balaban J connectivity index is 2.85. The minimum atomic E-state index is -1.73. The van der Waals surface area contributed by atoms with Gasteiger partial charge in [-0.1, -0.05) is 54.6 Å². The average molecular weight is 315 g/mol. The van der Waals surface area contributed by atoms with Gasteiger partial charge < -0.3 is 4.43 Å². The highest BCUT2D eigenvalue weighted by molar-refractivity contribution is 6.69. The molecule has 2 nitrogen and oxygen atoms in total. The van der Waals surface area contributed by atoms with Gasteiger partial charge in [-0.05, 0) is 51.2 Å². The maximum atomic E-state index is 11.2. The summed E-state index contributed by atoms with van der Waals surface area (Å²) in [6.07, 6.45) is 11.4. The molecule has 0 amide bonds. The number of benzene rings is 1. The molecule has 0 aliphatic heterocycles. The molecule has 0 saturated carbocycles. The van der Waals surface area contributed by atoms with Crippen molar-refractivity contribution in [3.63, 3.8) is 0 Å². The van der Waals surface area contributed by atoms with Crippen molar-refractivity contribution in [3.05, 3.63) is 66.3 Å². The van der Waals surface area contributed by atoms with Crippen molar-refractivity contribution in [3.8, 4) is 0 Å². The molecule has 0 aliphatic carbocycles. The van der Waals surface area contributed by atoms with Crippen molar-refractivity contribution in [2.75, 3.05) is 0 Å². The molecule has 0 radical (unpaired) electrons. The van der Waals surface area contributed by atoms with E-state index in [1.165, 1.54) is 0 Å². The van der Waals surface area contributed by atoms with Crippen molar-refractivity contribution in [1.29, 1.82) is 0 Å². The van der Waals surface area contributed by atoms with Gasteiger partial charge in [-0.2, -0.15) is 0 Å². The van der Waals surface area contributed by atoms with Gasteiger partial charge in [-0.15, -0.1) is 0 Å². The molecule has 1 aromatic carbocycles. The van der Waals surface area contributed by atoms with Crippen LogP contribution < -0.4 is 0 Å². The van der Waals surface area contributed by atoms with Crippen LogP contribution in [0.1, 0.15) is 19.4 Å². The van der Waals surface area contributed by atoms with Gasteiger partial charge in [0.2, 0.25) is 0 Å². The molecule has 0 heterocycles. The van der Waals surface area contributed by atoms with E-state index in [4.69, 9.17) is 4.43 Å². The Morgan fingerprint density at radius 2 is 1.73 bits per heavy atom. The number of ketones is 1. The quantitative estimate of drug-likeness (QED) is 0.402. The summed E-state index contributed by atoms with van der Waals surface area (Å²) < 4.78 is 6.21. The van der Waals surface area contributed by atoms with Crippen LogP contribution in [0.3, 0.4) is 0 Å². The maximum absolute atomic E-state index is 11.2. The van der Waals surface area contributed by atoms with E-state index in [0.29, 0.717) is 0 Å². The Morgan fingerprint density at radius 1 is 1.09 bits per heavy atom. The Kier molecular flexibility index (Phi) is 6.72. The number of rotatable bonds is 7. The number of carbonyl (C=O) groups excluding carboxylic acids is 1. The summed E-state index contributed by atoms with van der Waals surface area (Å²) in [5, 5.41) is 0. The largest absolute Gasteiger partial charge is 0.406 e. The lowest BCUT2D eigenvalue weighted by Crippen LogP contribution is -2.38. The molecule has 0 unspecified atom stereocenters. The third kappa shape index (κ3) is 7.91. The van der Waals surface area contributed by atoms with Gasteiger partial charge in [0.1, 0.15) is 0 Å². The van der Waals surface area contributed by atoms with Crippen molar-refractivity contribution in [2.45, 2.75) is 39.1 Å². The minimum absolute atomic E-state index is 0.0265. The summed E-state index contributed by atoms with van der Waals surface area (Å²) in [7, 11) is -1.73. The lowest BCUT2D eigenvalue weighted by atomic mass is 10.1. The van der Waals surface area contributed by atoms with Gasteiger partial charge in [0.15, 0.2) is 14.1 Å². The first-order valence-corrected chi connectivity index (χ1v) is 10.9. The fourth-order valence-electron chi connectivity index (χ4n) is 2.04. The molecule has 0 N–H and O–H groups in total. The molecule has 0 bridgehead atoms. The van der Waals surface area contributed by atoms with E-state index in [1.807, 2.05) is 55.5 Å². The van der Waals surface area contributed by atoms with Crippen LogP contribution in [0.25, 0.3) is 6.08 Å². The summed E-state index contributed by atoms with van der Waals surface area (Å²) in [5.41, 5.74) is 0.594. The second kappa shape index (κ2) is 8.06. The average Bonchev–Trinajstić information content (AvgIpc) is 2.41. The van der Waals surface area contributed by atoms with E-state index in [9.17, 15) is 4.79 Å². The van der Waals surface area contributed by atoms with Gasteiger partial charge in [0.25, 0.3) is 0 Å². The molecule has 0 fully saturated rings. The first-order valence-electron chi connectivity index (χ1n) is 7.51. The second-order valence-electron chi connectivity index (χ2n) is 6.47. The predicted octanol–water partition coefficient (Wildman–Crippen LogP) is 5.01. The molecule has 1 aromatic rings. The normalized spacial score (nSPS) is 15.7. The second-order valence-corrected chi connectivity index (χ2v) is 10.9. The molecule has 1 atom stereocenters. The highest BCUT2D eigenvalue weighted by Crippen LogP contribution is 2.21. The van der Waals surface area contributed by atoms with Crippen LogP contribution in [0.5, 0.6) is 0 Å². The first-order chi connectivity index (χ1) is 10.2. The van der Waals surface area contributed by atoms with Crippen molar-refractivity contribution in [1.82, 2.24) is 0 Å². The topological polar surface area (TPSA) is 26.3 Å². The van der Waals surface area contributed by atoms with Crippen LogP contribution in [0.15, 0.2) is 60.7 Å². The van der Waals surface area contributed by atoms with Crippen LogP contribution in [-0.4, -0.2) is 19.7 Å². The summed E-state index contributed by atoms with van der Waals surface area (Å²) >= 11 is 0. The fourth-order valence-corrected chi connectivity index (χ4v) is 3.50. The molecule has 0 aromatic heterocycles. The van der Waals surface area contributed by atoms with Crippen LogP contribution in [-0.2, 0) is 9.22 Å². The van der Waals surface area contributed by atoms with Crippen molar-refractivity contribution < 1.29 is 9.22 Å². The molecule has 0 aliphatic rings. The van der Waals surface area contributed by atoms with Crippen molar-refractivity contribution >= 4 is 20.2 Å². The summed E-state index contributed by atoms with van der Waals surface area (Å²) in [6.45, 7) is 9.95. The third-order valence-corrected chi connectivity index (χ3v) is 3.85. The van der Waals surface area contributed by atoms with E-state index in [0.717, 1.165) is 5.56 Å². The molecule has 0 spiro atoms. The zero-order valence-corrected chi connectivity index (χ0v) is 15.2. The molecule has 3 heteroatoms. The monoisotopic (exact) mass is 314 g/mol. The zero-order chi connectivity index (χ0) is 16.6. The van der Waals surface area contributed by atoms with Gasteiger partial charge in [-0.3, -0.25) is 4.79 Å². The molecule has 0 saturated heterocycles. The maximum Gasteiger partial charge on any atom is 0.185 e. The molecule has 22 heavy (non-hydrogen) atoms. The summed E-state index contributed by atoms with van der Waals surface area (Å²) in [5.74, 6) is 0.0265. The van der Waals surface area contributed by atoms with E-state index in [2.05, 4.69) is 31.8 Å². The highest BCUT2D eigenvalue weighted by Gasteiger charge is 2.26. The lowest BCUT2D eigenvalue weighted by molar-refractivity contribution is -0.112. The summed E-state index contributed by atoms with van der Waals surface area (Å²) in [4.78, 5) is 11.2. The van der Waals surface area contributed by atoms with E-state index < -0.39 is 13.9 Å². The number of allylic oxidation sites excluding steroid dienone is 3. The molecular weight excluding hydrogens is 288 g/mol. The molecular formula is C19H26O2Si. The lowest BCUT2D eigenvalue weighted by Gasteiger charge is -2.31. The minimum Gasteiger partial charge on any atom is -0.406 e. The Labute approximate surface area is 135 Å². The highest BCUT2D eigenvalue weighted by atomic mass is 28.4. The predicted molar refractivity (Wildman–Crippen MR) is 97.3 cm³/mol. The smallest absolute Gasteiger partial charge is 0.185 e. The molecule has 118 valence electrons. The number of carbonyl (C=O) groups is 1. The molecule has 1 rings (SSSR count). The van der Waals surface area contributed by atoms with Crippen LogP contribution in [0.4, 0.5) is 0 Å². The van der Waals surface area contributed by atoms with Gasteiger partial charge in [0.05, 0.1) is 5.60 Å². The Bertz CT molecular complexity index is 565. The van der Waals surface area contributed by atoms with Crippen LogP contribution in [0, 0.1) is 0 Å². The SMILES string of the molecule is CC(=O)/C=C/[C@](C)(/C=C/C=C/c1ccccc1)O[Si](C)(C)C. The zero-order valence-electron chi connectivity index (χ0n) is 14.2. The van der Waals surface area contributed by atoms with Gasteiger partial charge in [0, 0.05) is 0 Å². The van der Waals surface area contributed by atoms with Crippen LogP contribution >= 0.6 is 0 Å². The van der Waals surface area contributed by atoms with E-state index >= 15 is 0 Å². The van der Waals surface area contributed by atoms with Crippen LogP contribution in [0.2, 0.25) is 19.6 Å². The number of hydrogen-bond donors (Lipinski definition) is 0. The van der Waals surface area contributed by atoms with E-state index in [-0.39, 0.29) is 5.78 Å². The third-order valence-electron chi connectivity index (χ3n) is 2.80. The fraction of sp³-hybridized carbons (Fsp3) is 0.316. The number of hydrogen-bond acceptors (Lipinski definition) is 2. The van der Waals surface area contributed by atoms with E-state index in [1.54, 1.807) is 13.0 Å². The summed E-state index contributed by atoms with van der Waals surface area (Å²) in [6, 6.07) is 10.1.